The molecule has 0 saturated heterocycles. The summed E-state index contributed by atoms with van der Waals surface area (Å²) in [6.07, 6.45) is -1.05. The summed E-state index contributed by atoms with van der Waals surface area (Å²) in [5, 5.41) is 4.30. The second-order valence-corrected chi connectivity index (χ2v) is 8.92. The van der Waals surface area contributed by atoms with Crippen molar-refractivity contribution >= 4 is 27.9 Å². The van der Waals surface area contributed by atoms with E-state index in [2.05, 4.69) is 15.4 Å². The predicted octanol–water partition coefficient (Wildman–Crippen LogP) is 1.26. The topological polar surface area (TPSA) is 149 Å². The van der Waals surface area contributed by atoms with Crippen molar-refractivity contribution in [1.29, 1.82) is 0 Å². The van der Waals surface area contributed by atoms with Gasteiger partial charge in [0, 0.05) is 31.6 Å². The molecule has 0 aliphatic carbocycles. The number of urea groups is 1. The van der Waals surface area contributed by atoms with Gasteiger partial charge < -0.3 is 19.5 Å². The number of hydrogen-bond acceptors (Lipinski definition) is 8. The first-order valence-corrected chi connectivity index (χ1v) is 11.9. The first kappa shape index (κ1) is 25.0. The van der Waals surface area contributed by atoms with E-state index in [4.69, 9.17) is 14.2 Å². The SMILES string of the molecule is CNC(=O)NC(=O)C(OC(=O)CCNS(=O)(=O)c1ccc2c(c1)OCCCO2)c1ccccc1. The molecule has 34 heavy (non-hydrogen) atoms. The third-order valence-electron chi connectivity index (χ3n) is 4.70. The minimum absolute atomic E-state index is 0.0442. The fourth-order valence-corrected chi connectivity index (χ4v) is 4.06. The van der Waals surface area contributed by atoms with E-state index >= 15 is 0 Å². The third-order valence-corrected chi connectivity index (χ3v) is 6.16. The maximum Gasteiger partial charge on any atom is 0.321 e. The molecule has 0 bridgehead atoms. The van der Waals surface area contributed by atoms with Gasteiger partial charge in [0.1, 0.15) is 0 Å². The van der Waals surface area contributed by atoms with Gasteiger partial charge in [0.15, 0.2) is 11.5 Å². The number of carbonyl (C=O) groups excluding carboxylic acids is 3. The van der Waals surface area contributed by atoms with Crippen molar-refractivity contribution < 1.29 is 37.0 Å². The van der Waals surface area contributed by atoms with Crippen LogP contribution in [-0.2, 0) is 24.3 Å². The standard InChI is InChI=1S/C22H25N3O8S/c1-23-22(28)25-21(27)20(15-6-3-2-4-7-15)33-19(26)10-11-24-34(29,30)16-8-9-17-18(14-16)32-13-5-12-31-17/h2-4,6-9,14,20,24H,5,10-13H2,1H3,(H2,23,25,27,28). The smallest absolute Gasteiger partial charge is 0.321 e. The molecule has 182 valence electrons. The van der Waals surface area contributed by atoms with Crippen LogP contribution in [0.4, 0.5) is 4.79 Å². The van der Waals surface area contributed by atoms with E-state index in [9.17, 15) is 22.8 Å². The van der Waals surface area contributed by atoms with Crippen LogP contribution in [0, 0.1) is 0 Å². The molecule has 1 heterocycles. The molecule has 0 radical (unpaired) electrons. The minimum Gasteiger partial charge on any atom is -0.490 e. The molecule has 3 amide bonds. The number of carbonyl (C=O) groups is 3. The van der Waals surface area contributed by atoms with Crippen molar-refractivity contribution in [3.05, 3.63) is 54.1 Å². The molecule has 0 fully saturated rings. The summed E-state index contributed by atoms with van der Waals surface area (Å²) < 4.78 is 43.8. The summed E-state index contributed by atoms with van der Waals surface area (Å²) >= 11 is 0. The lowest BCUT2D eigenvalue weighted by atomic mass is 10.1. The van der Waals surface area contributed by atoms with Crippen molar-refractivity contribution in [2.24, 2.45) is 0 Å². The van der Waals surface area contributed by atoms with E-state index in [1.165, 1.54) is 25.2 Å². The highest BCUT2D eigenvalue weighted by molar-refractivity contribution is 7.89. The van der Waals surface area contributed by atoms with Gasteiger partial charge in [-0.15, -0.1) is 0 Å². The van der Waals surface area contributed by atoms with Gasteiger partial charge in [-0.3, -0.25) is 14.9 Å². The summed E-state index contributed by atoms with van der Waals surface area (Å²) in [4.78, 5) is 36.2. The lowest BCUT2D eigenvalue weighted by Gasteiger charge is -2.17. The fraction of sp³-hybridized carbons (Fsp3) is 0.318. The number of benzene rings is 2. The highest BCUT2D eigenvalue weighted by Crippen LogP contribution is 2.31. The van der Waals surface area contributed by atoms with Crippen LogP contribution >= 0.6 is 0 Å². The lowest BCUT2D eigenvalue weighted by Crippen LogP contribution is -2.41. The molecule has 3 rings (SSSR count). The molecule has 1 aliphatic rings. The van der Waals surface area contributed by atoms with Gasteiger partial charge in [0.2, 0.25) is 16.1 Å². The van der Waals surface area contributed by atoms with E-state index < -0.39 is 34.0 Å². The second kappa shape index (κ2) is 11.5. The normalized spacial score (nSPS) is 13.8. The first-order chi connectivity index (χ1) is 16.3. The van der Waals surface area contributed by atoms with E-state index in [1.807, 2.05) is 0 Å². The number of esters is 1. The molecule has 2 aromatic rings. The Morgan fingerprint density at radius 2 is 1.74 bits per heavy atom. The Hall–Kier alpha value is -3.64. The summed E-state index contributed by atoms with van der Waals surface area (Å²) in [6, 6.07) is 11.6. The van der Waals surface area contributed by atoms with Crippen LogP contribution in [0.5, 0.6) is 11.5 Å². The minimum atomic E-state index is -3.94. The fourth-order valence-electron chi connectivity index (χ4n) is 3.01. The van der Waals surface area contributed by atoms with Crippen molar-refractivity contribution in [2.45, 2.75) is 23.8 Å². The maximum atomic E-state index is 12.6. The predicted molar refractivity (Wildman–Crippen MR) is 120 cm³/mol. The summed E-state index contributed by atoms with van der Waals surface area (Å²) in [6.45, 7) is 0.616. The van der Waals surface area contributed by atoms with Crippen LogP contribution in [0.15, 0.2) is 53.4 Å². The number of nitrogens with one attached hydrogen (secondary N) is 3. The number of hydrogen-bond donors (Lipinski definition) is 3. The summed E-state index contributed by atoms with van der Waals surface area (Å²) in [5.41, 5.74) is 0.352. The van der Waals surface area contributed by atoms with E-state index in [0.29, 0.717) is 36.7 Å². The molecule has 1 atom stereocenters. The molecule has 1 unspecified atom stereocenters. The van der Waals surface area contributed by atoms with E-state index in [1.54, 1.807) is 30.3 Å². The van der Waals surface area contributed by atoms with Gasteiger partial charge >= 0.3 is 12.0 Å². The van der Waals surface area contributed by atoms with Gasteiger partial charge in [-0.25, -0.2) is 17.9 Å². The zero-order chi connectivity index (χ0) is 24.6. The van der Waals surface area contributed by atoms with E-state index in [-0.39, 0.29) is 17.9 Å². The highest BCUT2D eigenvalue weighted by Gasteiger charge is 2.26. The molecular formula is C22H25N3O8S. The van der Waals surface area contributed by atoms with Crippen LogP contribution in [0.1, 0.15) is 24.5 Å². The number of amides is 3. The lowest BCUT2D eigenvalue weighted by molar-refractivity contribution is -0.156. The Morgan fingerprint density at radius 1 is 1.03 bits per heavy atom. The third kappa shape index (κ3) is 6.68. The molecule has 11 nitrogen and oxygen atoms in total. The maximum absolute atomic E-state index is 12.6. The van der Waals surface area contributed by atoms with E-state index in [0.717, 1.165) is 0 Å². The largest absolute Gasteiger partial charge is 0.490 e. The Balaban J connectivity index is 1.61. The Labute approximate surface area is 196 Å². The molecule has 0 spiro atoms. The van der Waals surface area contributed by atoms with Crippen molar-refractivity contribution in [2.75, 3.05) is 26.8 Å². The molecule has 2 aromatic carbocycles. The molecule has 12 heteroatoms. The number of ether oxygens (including phenoxy) is 3. The zero-order valence-corrected chi connectivity index (χ0v) is 19.2. The van der Waals surface area contributed by atoms with Crippen LogP contribution < -0.4 is 24.8 Å². The number of sulfonamides is 1. The van der Waals surface area contributed by atoms with Crippen molar-refractivity contribution in [1.82, 2.24) is 15.4 Å². The number of fused-ring (bicyclic) bond motifs is 1. The summed E-state index contributed by atoms with van der Waals surface area (Å²) in [5.74, 6) is -0.886. The van der Waals surface area contributed by atoms with Gasteiger partial charge in [-0.1, -0.05) is 30.3 Å². The first-order valence-electron chi connectivity index (χ1n) is 10.5. The number of imide groups is 1. The average molecular weight is 492 g/mol. The monoisotopic (exact) mass is 491 g/mol. The number of rotatable bonds is 8. The van der Waals surface area contributed by atoms with Gasteiger partial charge in [0.05, 0.1) is 24.5 Å². The Morgan fingerprint density at radius 3 is 2.44 bits per heavy atom. The molecule has 0 aromatic heterocycles. The van der Waals surface area contributed by atoms with Crippen LogP contribution in [0.3, 0.4) is 0 Å². The average Bonchev–Trinajstić information content (AvgIpc) is 3.07. The van der Waals surface area contributed by atoms with Crippen molar-refractivity contribution in [3.8, 4) is 11.5 Å². The molecule has 1 aliphatic heterocycles. The van der Waals surface area contributed by atoms with Crippen molar-refractivity contribution in [3.63, 3.8) is 0 Å². The Kier molecular flexibility index (Phi) is 8.44. The van der Waals surface area contributed by atoms with Gasteiger partial charge in [-0.2, -0.15) is 0 Å². The van der Waals surface area contributed by atoms with Gasteiger partial charge in [0.25, 0.3) is 5.91 Å². The summed E-state index contributed by atoms with van der Waals surface area (Å²) in [7, 11) is -2.61. The highest BCUT2D eigenvalue weighted by atomic mass is 32.2. The zero-order valence-electron chi connectivity index (χ0n) is 18.4. The molecule has 0 saturated carbocycles. The van der Waals surface area contributed by atoms with Crippen LogP contribution in [0.2, 0.25) is 0 Å². The molecule has 3 N–H and O–H groups in total. The van der Waals surface area contributed by atoms with Crippen LogP contribution in [-0.4, -0.2) is 53.1 Å². The van der Waals surface area contributed by atoms with Crippen LogP contribution in [0.25, 0.3) is 0 Å². The van der Waals surface area contributed by atoms with Gasteiger partial charge in [-0.05, 0) is 12.1 Å². The molecular weight excluding hydrogens is 466 g/mol. The quantitative estimate of drug-likeness (QED) is 0.467. The second-order valence-electron chi connectivity index (χ2n) is 7.16. The Bertz CT molecular complexity index is 1140.